The lowest BCUT2D eigenvalue weighted by molar-refractivity contribution is -0.175. The van der Waals surface area contributed by atoms with Crippen LogP contribution in [0.1, 0.15) is 32.1 Å². The zero-order valence-electron chi connectivity index (χ0n) is 8.08. The molecule has 0 heterocycles. The van der Waals surface area contributed by atoms with E-state index in [9.17, 15) is 4.79 Å². The predicted octanol–water partition coefficient (Wildman–Crippen LogP) is 1.78. The second-order valence-electron chi connectivity index (χ2n) is 5.11. The Balaban J connectivity index is 2.00. The number of Topliss-reactive ketones (excluding diaryl/α,β-unsaturated/α-hetero) is 1. The average Bonchev–Trinajstić information content (AvgIpc) is 2.12. The van der Waals surface area contributed by atoms with Crippen molar-refractivity contribution < 1.29 is 9.53 Å². The minimum atomic E-state index is -0.339. The van der Waals surface area contributed by atoms with Gasteiger partial charge >= 0.3 is 0 Å². The van der Waals surface area contributed by atoms with Gasteiger partial charge in [0.2, 0.25) is 0 Å². The van der Waals surface area contributed by atoms with Crippen LogP contribution in [0.3, 0.4) is 0 Å². The van der Waals surface area contributed by atoms with E-state index in [0.717, 1.165) is 37.5 Å². The number of ketones is 1. The van der Waals surface area contributed by atoms with E-state index in [4.69, 9.17) is 4.74 Å². The van der Waals surface area contributed by atoms with E-state index in [-0.39, 0.29) is 5.60 Å². The van der Waals surface area contributed by atoms with Crippen LogP contribution in [0, 0.1) is 17.8 Å². The molecule has 4 aliphatic rings. The van der Waals surface area contributed by atoms with Crippen molar-refractivity contribution in [2.24, 2.45) is 17.8 Å². The number of carbonyl (C=O) groups excluding carboxylic acids is 1. The molecule has 0 aromatic rings. The average molecular weight is 180 g/mol. The maximum atomic E-state index is 12.0. The molecule has 2 nitrogen and oxygen atoms in total. The van der Waals surface area contributed by atoms with Crippen molar-refractivity contribution in [3.05, 3.63) is 0 Å². The Morgan fingerprint density at radius 2 is 1.85 bits per heavy atom. The maximum Gasteiger partial charge on any atom is 0.167 e. The van der Waals surface area contributed by atoms with E-state index in [2.05, 4.69) is 0 Å². The molecule has 13 heavy (non-hydrogen) atoms. The molecule has 0 spiro atoms. The summed E-state index contributed by atoms with van der Waals surface area (Å²) < 4.78 is 5.51. The summed E-state index contributed by atoms with van der Waals surface area (Å²) in [7, 11) is 1.71. The summed E-state index contributed by atoms with van der Waals surface area (Å²) in [6.45, 7) is 0. The summed E-state index contributed by atoms with van der Waals surface area (Å²) in [5, 5.41) is 0. The molecule has 0 amide bonds. The number of hydrogen-bond donors (Lipinski definition) is 0. The highest BCUT2D eigenvalue weighted by Gasteiger charge is 2.57. The number of methoxy groups -OCH3 is 1. The van der Waals surface area contributed by atoms with Crippen LogP contribution in [0.4, 0.5) is 0 Å². The van der Waals surface area contributed by atoms with Crippen molar-refractivity contribution in [3.8, 4) is 0 Å². The van der Waals surface area contributed by atoms with Gasteiger partial charge in [0, 0.05) is 13.0 Å². The van der Waals surface area contributed by atoms with Gasteiger partial charge in [-0.3, -0.25) is 4.79 Å². The first-order valence-electron chi connectivity index (χ1n) is 5.33. The van der Waals surface area contributed by atoms with Crippen molar-refractivity contribution in [1.29, 1.82) is 0 Å². The molecule has 0 aromatic carbocycles. The Hall–Kier alpha value is -0.370. The molecule has 4 bridgehead atoms. The van der Waals surface area contributed by atoms with Gasteiger partial charge in [-0.05, 0) is 43.9 Å². The van der Waals surface area contributed by atoms with Gasteiger partial charge in [-0.25, -0.2) is 0 Å². The highest BCUT2D eigenvalue weighted by molar-refractivity contribution is 5.91. The normalized spacial score (nSPS) is 53.0. The van der Waals surface area contributed by atoms with Gasteiger partial charge < -0.3 is 4.74 Å². The number of ether oxygens (including phenoxy) is 1. The summed E-state index contributed by atoms with van der Waals surface area (Å²) in [4.78, 5) is 12.0. The van der Waals surface area contributed by atoms with Crippen LogP contribution in [0.25, 0.3) is 0 Å². The van der Waals surface area contributed by atoms with Gasteiger partial charge in [0.25, 0.3) is 0 Å². The molecule has 4 fully saturated rings. The van der Waals surface area contributed by atoms with E-state index in [1.807, 2.05) is 0 Å². The highest BCUT2D eigenvalue weighted by Crippen LogP contribution is 2.54. The van der Waals surface area contributed by atoms with Crippen LogP contribution in [-0.4, -0.2) is 18.5 Å². The fraction of sp³-hybridized carbons (Fsp3) is 0.909. The van der Waals surface area contributed by atoms with Crippen molar-refractivity contribution >= 4 is 5.78 Å². The number of rotatable bonds is 1. The SMILES string of the molecule is COC12CC3CC(CC(C3)C1=O)C2. The number of hydrogen-bond acceptors (Lipinski definition) is 2. The van der Waals surface area contributed by atoms with Crippen molar-refractivity contribution in [1.82, 2.24) is 0 Å². The summed E-state index contributed by atoms with van der Waals surface area (Å²) >= 11 is 0. The Morgan fingerprint density at radius 1 is 1.23 bits per heavy atom. The molecule has 4 aliphatic carbocycles. The molecule has 2 unspecified atom stereocenters. The van der Waals surface area contributed by atoms with Crippen LogP contribution in [0.2, 0.25) is 0 Å². The van der Waals surface area contributed by atoms with Crippen molar-refractivity contribution in [2.45, 2.75) is 37.7 Å². The van der Waals surface area contributed by atoms with Crippen LogP contribution in [0.5, 0.6) is 0 Å². The molecular formula is C11H16O2. The first kappa shape index (κ1) is 7.98. The zero-order chi connectivity index (χ0) is 9.05. The molecule has 0 aromatic heterocycles. The fourth-order valence-corrected chi connectivity index (χ4v) is 3.97. The Kier molecular flexibility index (Phi) is 1.44. The van der Waals surface area contributed by atoms with Crippen LogP contribution in [0.15, 0.2) is 0 Å². The summed E-state index contributed by atoms with van der Waals surface area (Å²) in [6.07, 6.45) is 5.68. The Labute approximate surface area is 78.6 Å². The molecular weight excluding hydrogens is 164 g/mol. The Bertz CT molecular complexity index is 245. The first-order valence-corrected chi connectivity index (χ1v) is 5.33. The third-order valence-corrected chi connectivity index (χ3v) is 4.35. The topological polar surface area (TPSA) is 26.3 Å². The van der Waals surface area contributed by atoms with E-state index in [1.165, 1.54) is 6.42 Å². The lowest BCUT2D eigenvalue weighted by atomic mass is 9.53. The summed E-state index contributed by atoms with van der Waals surface area (Å²) in [5.74, 6) is 2.35. The van der Waals surface area contributed by atoms with Gasteiger partial charge in [-0.1, -0.05) is 0 Å². The lowest BCUT2D eigenvalue weighted by Crippen LogP contribution is -2.58. The second-order valence-corrected chi connectivity index (χ2v) is 5.11. The molecule has 0 N–H and O–H groups in total. The van der Waals surface area contributed by atoms with E-state index >= 15 is 0 Å². The smallest absolute Gasteiger partial charge is 0.167 e. The molecule has 0 radical (unpaired) electrons. The molecule has 4 rings (SSSR count). The quantitative estimate of drug-likeness (QED) is 0.615. The first-order chi connectivity index (χ1) is 6.23. The lowest BCUT2D eigenvalue weighted by Gasteiger charge is -2.54. The Morgan fingerprint density at radius 3 is 2.38 bits per heavy atom. The third kappa shape index (κ3) is 0.899. The number of carbonyl (C=O) groups is 1. The van der Waals surface area contributed by atoms with Crippen LogP contribution < -0.4 is 0 Å². The van der Waals surface area contributed by atoms with E-state index in [1.54, 1.807) is 7.11 Å². The minimum Gasteiger partial charge on any atom is -0.370 e. The maximum absolute atomic E-state index is 12.0. The molecule has 2 heteroatoms. The standard InChI is InChI=1S/C11H16O2/c1-13-11-5-7-2-8(6-11)4-9(3-7)10(11)12/h7-9H,2-6H2,1H3. The van der Waals surface area contributed by atoms with Gasteiger partial charge in [-0.2, -0.15) is 0 Å². The molecule has 72 valence electrons. The van der Waals surface area contributed by atoms with E-state index in [0.29, 0.717) is 11.7 Å². The van der Waals surface area contributed by atoms with Gasteiger partial charge in [0.15, 0.2) is 5.78 Å². The zero-order valence-corrected chi connectivity index (χ0v) is 8.08. The molecule has 4 saturated carbocycles. The summed E-state index contributed by atoms with van der Waals surface area (Å²) in [5.41, 5.74) is -0.339. The largest absolute Gasteiger partial charge is 0.370 e. The third-order valence-electron chi connectivity index (χ3n) is 4.35. The minimum absolute atomic E-state index is 0.339. The van der Waals surface area contributed by atoms with E-state index < -0.39 is 0 Å². The van der Waals surface area contributed by atoms with Gasteiger partial charge in [-0.15, -0.1) is 0 Å². The fourth-order valence-electron chi connectivity index (χ4n) is 3.97. The molecule has 0 aliphatic heterocycles. The van der Waals surface area contributed by atoms with Crippen LogP contribution >= 0.6 is 0 Å². The van der Waals surface area contributed by atoms with Crippen molar-refractivity contribution in [2.75, 3.05) is 7.11 Å². The monoisotopic (exact) mass is 180 g/mol. The molecule has 2 atom stereocenters. The van der Waals surface area contributed by atoms with Crippen LogP contribution in [-0.2, 0) is 9.53 Å². The van der Waals surface area contributed by atoms with Gasteiger partial charge in [0.05, 0.1) is 0 Å². The van der Waals surface area contributed by atoms with Gasteiger partial charge in [0.1, 0.15) is 5.60 Å². The molecule has 0 saturated heterocycles. The predicted molar refractivity (Wildman–Crippen MR) is 48.3 cm³/mol. The second kappa shape index (κ2) is 2.35. The van der Waals surface area contributed by atoms with Crippen molar-refractivity contribution in [3.63, 3.8) is 0 Å². The summed E-state index contributed by atoms with van der Waals surface area (Å²) in [6, 6.07) is 0. The highest BCUT2D eigenvalue weighted by atomic mass is 16.5.